The summed E-state index contributed by atoms with van der Waals surface area (Å²) in [5, 5.41) is 0. The first-order valence-electron chi connectivity index (χ1n) is 8.57. The molecule has 1 heterocycles. The van der Waals surface area contributed by atoms with Crippen LogP contribution in [0.2, 0.25) is 0 Å². The number of nitrogens with zero attached hydrogens (tertiary/aromatic N) is 2. The number of carbonyl (C=O) groups excluding carboxylic acids is 1. The molecule has 0 saturated carbocycles. The zero-order valence-corrected chi connectivity index (χ0v) is 13.9. The van der Waals surface area contributed by atoms with Crippen LogP contribution >= 0.6 is 0 Å². The Morgan fingerprint density at radius 1 is 1.22 bits per heavy atom. The fraction of sp³-hybridized carbons (Fsp3) is 0.526. The van der Waals surface area contributed by atoms with Crippen LogP contribution < -0.4 is 4.74 Å². The van der Waals surface area contributed by atoms with E-state index in [0.717, 1.165) is 43.4 Å². The van der Waals surface area contributed by atoms with E-state index in [2.05, 4.69) is 17.1 Å². The summed E-state index contributed by atoms with van der Waals surface area (Å²) in [5.41, 5.74) is 0.718. The van der Waals surface area contributed by atoms with Gasteiger partial charge >= 0.3 is 0 Å². The zero-order chi connectivity index (χ0) is 16.1. The van der Waals surface area contributed by atoms with Gasteiger partial charge in [-0.3, -0.25) is 9.69 Å². The quantitative estimate of drug-likeness (QED) is 0.801. The van der Waals surface area contributed by atoms with Crippen molar-refractivity contribution in [3.05, 3.63) is 42.0 Å². The van der Waals surface area contributed by atoms with E-state index < -0.39 is 0 Å². The molecule has 23 heavy (non-hydrogen) atoms. The van der Waals surface area contributed by atoms with Gasteiger partial charge in [0.05, 0.1) is 7.11 Å². The molecule has 1 fully saturated rings. The average molecular weight is 314 g/mol. The van der Waals surface area contributed by atoms with E-state index in [4.69, 9.17) is 4.74 Å². The lowest BCUT2D eigenvalue weighted by Crippen LogP contribution is -2.49. The first kappa shape index (κ1) is 16.1. The summed E-state index contributed by atoms with van der Waals surface area (Å²) >= 11 is 0. The van der Waals surface area contributed by atoms with Crippen LogP contribution in [-0.4, -0.2) is 55.5 Å². The Morgan fingerprint density at radius 3 is 2.74 bits per heavy atom. The van der Waals surface area contributed by atoms with Crippen molar-refractivity contribution in [3.8, 4) is 5.75 Å². The third-order valence-electron chi connectivity index (χ3n) is 4.87. The van der Waals surface area contributed by atoms with Crippen molar-refractivity contribution < 1.29 is 9.53 Å². The maximum atomic E-state index is 12.6. The van der Waals surface area contributed by atoms with Gasteiger partial charge < -0.3 is 9.64 Å². The Kier molecular flexibility index (Phi) is 5.34. The van der Waals surface area contributed by atoms with Crippen molar-refractivity contribution in [2.45, 2.75) is 19.3 Å². The zero-order valence-electron chi connectivity index (χ0n) is 13.9. The van der Waals surface area contributed by atoms with Crippen LogP contribution in [0.1, 0.15) is 29.6 Å². The highest BCUT2D eigenvalue weighted by molar-refractivity contribution is 5.94. The Hall–Kier alpha value is -1.81. The second-order valence-electron chi connectivity index (χ2n) is 6.48. The average Bonchev–Trinajstić information content (AvgIpc) is 2.63. The fourth-order valence-electron chi connectivity index (χ4n) is 3.46. The number of benzene rings is 1. The number of hydrogen-bond acceptors (Lipinski definition) is 3. The molecule has 1 amide bonds. The molecule has 1 atom stereocenters. The third kappa shape index (κ3) is 4.14. The van der Waals surface area contributed by atoms with Crippen LogP contribution in [0.3, 0.4) is 0 Å². The maximum Gasteiger partial charge on any atom is 0.254 e. The van der Waals surface area contributed by atoms with E-state index in [1.165, 1.54) is 25.8 Å². The molecule has 0 bridgehead atoms. The van der Waals surface area contributed by atoms with E-state index in [1.807, 2.05) is 29.2 Å². The summed E-state index contributed by atoms with van der Waals surface area (Å²) in [6, 6.07) is 7.43. The molecule has 1 aliphatic heterocycles. The van der Waals surface area contributed by atoms with E-state index >= 15 is 0 Å². The Labute approximate surface area is 138 Å². The van der Waals surface area contributed by atoms with E-state index in [1.54, 1.807) is 7.11 Å². The molecule has 1 unspecified atom stereocenters. The van der Waals surface area contributed by atoms with Gasteiger partial charge in [0.1, 0.15) is 5.75 Å². The van der Waals surface area contributed by atoms with Crippen molar-refractivity contribution in [3.63, 3.8) is 0 Å². The van der Waals surface area contributed by atoms with Crippen LogP contribution in [-0.2, 0) is 0 Å². The summed E-state index contributed by atoms with van der Waals surface area (Å²) in [5.74, 6) is 1.64. The molecule has 1 aromatic rings. The number of methoxy groups -OCH3 is 1. The molecule has 124 valence electrons. The predicted molar refractivity (Wildman–Crippen MR) is 91.8 cm³/mol. The predicted octanol–water partition coefficient (Wildman–Crippen LogP) is 2.81. The largest absolute Gasteiger partial charge is 0.497 e. The minimum absolute atomic E-state index is 0.115. The van der Waals surface area contributed by atoms with Crippen molar-refractivity contribution in [1.29, 1.82) is 0 Å². The van der Waals surface area contributed by atoms with Gasteiger partial charge in [0.2, 0.25) is 0 Å². The minimum atomic E-state index is 0.115. The van der Waals surface area contributed by atoms with Crippen molar-refractivity contribution in [1.82, 2.24) is 9.80 Å². The monoisotopic (exact) mass is 314 g/mol. The second kappa shape index (κ2) is 7.64. The number of hydrogen-bond donors (Lipinski definition) is 0. The third-order valence-corrected chi connectivity index (χ3v) is 4.87. The molecular formula is C19H26N2O2. The molecule has 1 aliphatic carbocycles. The van der Waals surface area contributed by atoms with Crippen LogP contribution in [0.15, 0.2) is 36.4 Å². The molecule has 0 spiro atoms. The summed E-state index contributed by atoms with van der Waals surface area (Å²) in [7, 11) is 1.63. The first-order valence-corrected chi connectivity index (χ1v) is 8.57. The lowest BCUT2D eigenvalue weighted by atomic mass is 9.94. The minimum Gasteiger partial charge on any atom is -0.497 e. The maximum absolute atomic E-state index is 12.6. The lowest BCUT2D eigenvalue weighted by Gasteiger charge is -2.36. The highest BCUT2D eigenvalue weighted by Gasteiger charge is 2.24. The molecule has 1 saturated heterocycles. The molecule has 0 radical (unpaired) electrons. The smallest absolute Gasteiger partial charge is 0.254 e. The standard InChI is InChI=1S/C19H26N2O2/c1-23-18-9-5-8-17(14-18)19(22)21-12-10-20(11-13-21)15-16-6-3-2-4-7-16/h2-3,5,8-9,14,16H,4,6-7,10-13,15H2,1H3. The van der Waals surface area contributed by atoms with E-state index in [9.17, 15) is 4.79 Å². The molecule has 0 aromatic heterocycles. The number of piperazine rings is 1. The summed E-state index contributed by atoms with van der Waals surface area (Å²) in [6.07, 6.45) is 8.35. The number of carbonyl (C=O) groups is 1. The summed E-state index contributed by atoms with van der Waals surface area (Å²) in [4.78, 5) is 17.1. The lowest BCUT2D eigenvalue weighted by molar-refractivity contribution is 0.0614. The van der Waals surface area contributed by atoms with Gasteiger partial charge in [-0.25, -0.2) is 0 Å². The van der Waals surface area contributed by atoms with Crippen LogP contribution in [0.25, 0.3) is 0 Å². The molecule has 0 N–H and O–H groups in total. The van der Waals surface area contributed by atoms with Gasteiger partial charge in [0.15, 0.2) is 0 Å². The van der Waals surface area contributed by atoms with Gasteiger partial charge in [-0.15, -0.1) is 0 Å². The van der Waals surface area contributed by atoms with Gasteiger partial charge in [-0.05, 0) is 43.4 Å². The topological polar surface area (TPSA) is 32.8 Å². The number of rotatable bonds is 4. The van der Waals surface area contributed by atoms with Crippen LogP contribution in [0.4, 0.5) is 0 Å². The Balaban J connectivity index is 1.51. The van der Waals surface area contributed by atoms with Gasteiger partial charge in [-0.2, -0.15) is 0 Å². The van der Waals surface area contributed by atoms with Gasteiger partial charge in [-0.1, -0.05) is 18.2 Å². The SMILES string of the molecule is COc1cccc(C(=O)N2CCN(CC3CC=CCC3)CC2)c1. The van der Waals surface area contributed by atoms with Crippen LogP contribution in [0.5, 0.6) is 5.75 Å². The van der Waals surface area contributed by atoms with Crippen LogP contribution in [0, 0.1) is 5.92 Å². The normalized spacial score (nSPS) is 22.1. The molecule has 2 aliphatic rings. The summed E-state index contributed by atoms with van der Waals surface area (Å²) in [6.45, 7) is 4.77. The highest BCUT2D eigenvalue weighted by atomic mass is 16.5. The number of allylic oxidation sites excluding steroid dienone is 2. The molecule has 4 heteroatoms. The van der Waals surface area contributed by atoms with Gasteiger partial charge in [0, 0.05) is 38.3 Å². The fourth-order valence-corrected chi connectivity index (χ4v) is 3.46. The van der Waals surface area contributed by atoms with E-state index in [-0.39, 0.29) is 5.91 Å². The molecule has 1 aromatic carbocycles. The van der Waals surface area contributed by atoms with Crippen molar-refractivity contribution in [2.75, 3.05) is 39.8 Å². The Bertz CT molecular complexity index is 562. The second-order valence-corrected chi connectivity index (χ2v) is 6.48. The highest BCUT2D eigenvalue weighted by Crippen LogP contribution is 2.20. The number of ether oxygens (including phenoxy) is 1. The Morgan fingerprint density at radius 2 is 2.04 bits per heavy atom. The summed E-state index contributed by atoms with van der Waals surface area (Å²) < 4.78 is 5.21. The van der Waals surface area contributed by atoms with Crippen molar-refractivity contribution >= 4 is 5.91 Å². The van der Waals surface area contributed by atoms with E-state index in [0.29, 0.717) is 0 Å². The van der Waals surface area contributed by atoms with Gasteiger partial charge in [0.25, 0.3) is 5.91 Å². The molecular weight excluding hydrogens is 288 g/mol. The first-order chi connectivity index (χ1) is 11.3. The molecule has 4 nitrogen and oxygen atoms in total. The van der Waals surface area contributed by atoms with Crippen molar-refractivity contribution in [2.24, 2.45) is 5.92 Å². The molecule has 3 rings (SSSR count). The number of amides is 1.